The Labute approximate surface area is 264 Å². The first kappa shape index (κ1) is 31.8. The quantitative estimate of drug-likeness (QED) is 0.218. The number of tetrazole rings is 1. The first-order chi connectivity index (χ1) is 22.0. The molecule has 46 heavy (non-hydrogen) atoms. The van der Waals surface area contributed by atoms with Crippen molar-refractivity contribution in [3.63, 3.8) is 0 Å². The minimum absolute atomic E-state index is 0.0203. The highest BCUT2D eigenvalue weighted by Gasteiger charge is 2.28. The summed E-state index contributed by atoms with van der Waals surface area (Å²) in [5.41, 5.74) is 1.89. The van der Waals surface area contributed by atoms with Crippen molar-refractivity contribution in [1.29, 1.82) is 5.26 Å². The van der Waals surface area contributed by atoms with Crippen molar-refractivity contribution in [3.05, 3.63) is 111 Å². The van der Waals surface area contributed by atoms with Gasteiger partial charge in [-0.15, -0.1) is 5.10 Å². The van der Waals surface area contributed by atoms with Gasteiger partial charge in [0.15, 0.2) is 11.6 Å². The van der Waals surface area contributed by atoms with E-state index >= 15 is 0 Å². The van der Waals surface area contributed by atoms with Crippen molar-refractivity contribution >= 4 is 29.1 Å². The smallest absolute Gasteiger partial charge is 0.348 e. The van der Waals surface area contributed by atoms with E-state index in [4.69, 9.17) is 11.6 Å². The molecule has 3 heterocycles. The molecule has 0 aliphatic carbocycles. The second-order valence-electron chi connectivity index (χ2n) is 10.1. The van der Waals surface area contributed by atoms with Crippen LogP contribution in [0.15, 0.2) is 66.9 Å². The number of benzene rings is 2. The average Bonchev–Trinajstić information content (AvgIpc) is 3.67. The lowest BCUT2D eigenvalue weighted by Gasteiger charge is -2.15. The Hall–Kier alpha value is -5.62. The van der Waals surface area contributed by atoms with Crippen LogP contribution in [-0.2, 0) is 19.5 Å². The molecule has 5 rings (SSSR count). The van der Waals surface area contributed by atoms with E-state index in [1.807, 2.05) is 36.4 Å². The number of pyridine rings is 1. The first-order valence-electron chi connectivity index (χ1n) is 13.7. The number of aromatic nitrogens is 7. The molecule has 12 nitrogen and oxygen atoms in total. The number of anilines is 1. The van der Waals surface area contributed by atoms with Crippen LogP contribution in [0.5, 0.6) is 0 Å². The van der Waals surface area contributed by atoms with E-state index in [-0.39, 0.29) is 58.0 Å². The van der Waals surface area contributed by atoms with Crippen LogP contribution < -0.4 is 10.6 Å². The highest BCUT2D eigenvalue weighted by Crippen LogP contribution is 2.26. The van der Waals surface area contributed by atoms with Crippen LogP contribution in [0.4, 0.5) is 18.9 Å². The fourth-order valence-electron chi connectivity index (χ4n) is 4.54. The summed E-state index contributed by atoms with van der Waals surface area (Å²) in [7, 11) is 0. The molecule has 2 N–H and O–H groups in total. The second-order valence-corrected chi connectivity index (χ2v) is 10.5. The molecular formula is C30H24ClF3N10O2. The van der Waals surface area contributed by atoms with Crippen molar-refractivity contribution in [3.8, 4) is 11.9 Å². The molecule has 2 amide bonds. The molecule has 0 aliphatic heterocycles. The number of carbonyl (C=O) groups is 2. The Bertz CT molecular complexity index is 1930. The number of aryl methyl sites for hydroxylation is 2. The Morgan fingerprint density at radius 2 is 1.85 bits per heavy atom. The number of nitrogens with zero attached hydrogens (tertiary/aromatic N) is 8. The summed E-state index contributed by atoms with van der Waals surface area (Å²) in [6.07, 6.45) is -4.53. The van der Waals surface area contributed by atoms with Crippen LogP contribution in [0.1, 0.15) is 55.5 Å². The summed E-state index contributed by atoms with van der Waals surface area (Å²) in [5.74, 6) is -1.15. The van der Waals surface area contributed by atoms with Gasteiger partial charge in [0.25, 0.3) is 11.8 Å². The van der Waals surface area contributed by atoms with E-state index < -0.39 is 30.8 Å². The molecule has 2 aromatic carbocycles. The number of hydrogen-bond donors (Lipinski definition) is 2. The molecule has 0 unspecified atom stereocenters. The van der Waals surface area contributed by atoms with Crippen LogP contribution in [0, 0.1) is 18.3 Å². The molecule has 0 spiro atoms. The van der Waals surface area contributed by atoms with Gasteiger partial charge < -0.3 is 10.6 Å². The van der Waals surface area contributed by atoms with Crippen LogP contribution in [-0.4, -0.2) is 53.0 Å². The van der Waals surface area contributed by atoms with E-state index in [2.05, 4.69) is 36.2 Å². The summed E-state index contributed by atoms with van der Waals surface area (Å²) in [6.45, 7) is 1.68. The van der Waals surface area contributed by atoms with Gasteiger partial charge in [-0.1, -0.05) is 41.9 Å². The molecule has 0 bridgehead atoms. The Balaban J connectivity index is 1.48. The number of carbonyl (C=O) groups excluding carboxylic acids is 2. The highest BCUT2D eigenvalue weighted by atomic mass is 35.5. The van der Waals surface area contributed by atoms with Crippen LogP contribution in [0.2, 0.25) is 5.02 Å². The van der Waals surface area contributed by atoms with Gasteiger partial charge in [-0.25, -0.2) is 14.3 Å². The van der Waals surface area contributed by atoms with E-state index in [1.54, 1.807) is 19.1 Å². The molecule has 0 saturated carbocycles. The van der Waals surface area contributed by atoms with E-state index in [9.17, 15) is 28.0 Å². The predicted octanol–water partition coefficient (Wildman–Crippen LogP) is 4.81. The third-order valence-electron chi connectivity index (χ3n) is 6.73. The number of alkyl halides is 3. The minimum Gasteiger partial charge on any atom is -0.348 e. The third kappa shape index (κ3) is 7.53. The lowest BCUT2D eigenvalue weighted by atomic mass is 10.0. The number of nitrogens with one attached hydrogen (secondary N) is 2. The van der Waals surface area contributed by atoms with Crippen LogP contribution in [0.3, 0.4) is 0 Å². The van der Waals surface area contributed by atoms with Gasteiger partial charge in [0.1, 0.15) is 5.69 Å². The van der Waals surface area contributed by atoms with E-state index in [0.29, 0.717) is 5.56 Å². The largest absolute Gasteiger partial charge is 0.389 e. The average molecular weight is 649 g/mol. The predicted molar refractivity (Wildman–Crippen MR) is 159 cm³/mol. The molecule has 16 heteroatoms. The summed E-state index contributed by atoms with van der Waals surface area (Å²) in [5, 5.41) is 30.7. The molecule has 0 atom stereocenters. The summed E-state index contributed by atoms with van der Waals surface area (Å²) >= 11 is 6.38. The fraction of sp³-hybridized carbons (Fsp3) is 0.200. The van der Waals surface area contributed by atoms with Gasteiger partial charge in [-0.2, -0.15) is 23.5 Å². The van der Waals surface area contributed by atoms with Gasteiger partial charge in [-0.3, -0.25) is 9.59 Å². The maximum Gasteiger partial charge on any atom is 0.389 e. The molecule has 234 valence electrons. The molecule has 0 fully saturated rings. The highest BCUT2D eigenvalue weighted by molar-refractivity contribution is 6.32. The van der Waals surface area contributed by atoms with Crippen LogP contribution in [0.25, 0.3) is 5.82 Å². The normalized spacial score (nSPS) is 11.2. The first-order valence-corrected chi connectivity index (χ1v) is 14.1. The van der Waals surface area contributed by atoms with E-state index in [0.717, 1.165) is 10.2 Å². The molecule has 5 aromatic rings. The van der Waals surface area contributed by atoms with Gasteiger partial charge in [0, 0.05) is 19.2 Å². The van der Waals surface area contributed by atoms with Gasteiger partial charge >= 0.3 is 6.18 Å². The summed E-state index contributed by atoms with van der Waals surface area (Å²) < 4.78 is 40.8. The summed E-state index contributed by atoms with van der Waals surface area (Å²) in [6, 6.07) is 18.7. The summed E-state index contributed by atoms with van der Waals surface area (Å²) in [4.78, 5) is 31.4. The number of amides is 2. The molecule has 0 aliphatic rings. The zero-order valence-electron chi connectivity index (χ0n) is 24.1. The molecule has 0 radical (unpaired) electrons. The van der Waals surface area contributed by atoms with Gasteiger partial charge in [0.05, 0.1) is 46.6 Å². The molecule has 0 saturated heterocycles. The van der Waals surface area contributed by atoms with Crippen molar-refractivity contribution in [2.24, 2.45) is 0 Å². The van der Waals surface area contributed by atoms with Crippen LogP contribution >= 0.6 is 11.6 Å². The Morgan fingerprint density at radius 3 is 2.57 bits per heavy atom. The Kier molecular flexibility index (Phi) is 9.38. The van der Waals surface area contributed by atoms with Crippen molar-refractivity contribution in [1.82, 2.24) is 40.3 Å². The number of halogens is 4. The topological polar surface area (TPSA) is 156 Å². The fourth-order valence-corrected chi connectivity index (χ4v) is 4.75. The number of rotatable bonds is 10. The van der Waals surface area contributed by atoms with Crippen molar-refractivity contribution < 1.29 is 22.8 Å². The van der Waals surface area contributed by atoms with E-state index in [1.165, 1.54) is 29.1 Å². The maximum atomic E-state index is 13.9. The van der Waals surface area contributed by atoms with Gasteiger partial charge in [-0.05, 0) is 58.8 Å². The standard InChI is InChI=1S/C30H24ClF3N10O2/c1-18-12-20(15-35)13-22(28(45)37-16-19-6-3-2-4-7-19)26(18)38-29(46)24-14-21(40-44(24)27-23(31)8-5-11-36-27)17-43-25(39-41-42-43)9-10-30(32,33)34/h2-8,11-14H,9-10,16-17H2,1H3,(H,37,45)(H,38,46). The lowest BCUT2D eigenvalue weighted by Crippen LogP contribution is -2.26. The zero-order chi connectivity index (χ0) is 32.8. The second kappa shape index (κ2) is 13.6. The van der Waals surface area contributed by atoms with Crippen molar-refractivity contribution in [2.75, 3.05) is 5.32 Å². The zero-order valence-corrected chi connectivity index (χ0v) is 24.8. The lowest BCUT2D eigenvalue weighted by molar-refractivity contribution is -0.134. The SMILES string of the molecule is Cc1cc(C#N)cc(C(=O)NCc2ccccc2)c1NC(=O)c1cc(Cn2nnnc2CCC(F)(F)F)nn1-c1ncccc1Cl. The monoisotopic (exact) mass is 648 g/mol. The maximum absolute atomic E-state index is 13.9. The van der Waals surface area contributed by atoms with Crippen molar-refractivity contribution in [2.45, 2.75) is 39.0 Å². The minimum atomic E-state index is -4.40. The number of nitriles is 1. The van der Waals surface area contributed by atoms with Gasteiger partial charge in [0.2, 0.25) is 0 Å². The molecule has 3 aromatic heterocycles. The third-order valence-corrected chi connectivity index (χ3v) is 7.02. The number of hydrogen-bond acceptors (Lipinski definition) is 8. The molecular weight excluding hydrogens is 625 g/mol. The Morgan fingerprint density at radius 1 is 1.07 bits per heavy atom.